The highest BCUT2D eigenvalue weighted by atomic mass is 14.1. The van der Waals surface area contributed by atoms with Gasteiger partial charge in [-0.25, -0.2) is 0 Å². The topological polar surface area (TPSA) is 0 Å². The third kappa shape index (κ3) is 2.30. The Kier molecular flexibility index (Phi) is 3.16. The van der Waals surface area contributed by atoms with Crippen molar-refractivity contribution in [3.63, 3.8) is 0 Å². The second-order valence-corrected chi connectivity index (χ2v) is 4.73. The minimum absolute atomic E-state index is 0.255. The molecule has 0 aliphatic heterocycles. The van der Waals surface area contributed by atoms with Crippen LogP contribution in [0.3, 0.4) is 0 Å². The summed E-state index contributed by atoms with van der Waals surface area (Å²) >= 11 is 0. The molecule has 1 atom stereocenters. The molecule has 3 aromatic rings. The van der Waals surface area contributed by atoms with E-state index in [0.717, 1.165) is 0 Å². The lowest BCUT2D eigenvalue weighted by molar-refractivity contribution is 1.03. The molecule has 0 aliphatic carbocycles. The number of fused-ring (bicyclic) bond motifs is 1. The van der Waals surface area contributed by atoms with E-state index in [1.807, 2.05) is 12.1 Å². The van der Waals surface area contributed by atoms with Crippen molar-refractivity contribution in [1.82, 2.24) is 0 Å². The van der Waals surface area contributed by atoms with Crippen molar-refractivity contribution in [2.45, 2.75) is 5.92 Å². The van der Waals surface area contributed by atoms with Crippen molar-refractivity contribution in [3.05, 3.63) is 96.6 Å². The van der Waals surface area contributed by atoms with E-state index >= 15 is 0 Å². The molecule has 0 unspecified atom stereocenters. The number of benzene rings is 3. The van der Waals surface area contributed by atoms with Crippen molar-refractivity contribution in [2.75, 3.05) is 0 Å². The van der Waals surface area contributed by atoms with Crippen LogP contribution in [0.1, 0.15) is 17.0 Å². The SMILES string of the molecule is C=C[C@H](c1ccccc1)c1ccc2ccccc2c1. The number of hydrogen-bond donors (Lipinski definition) is 0. The molecule has 0 spiro atoms. The van der Waals surface area contributed by atoms with E-state index in [0.29, 0.717) is 0 Å². The molecule has 92 valence electrons. The molecule has 19 heavy (non-hydrogen) atoms. The first-order valence-corrected chi connectivity index (χ1v) is 6.54. The van der Waals surface area contributed by atoms with Crippen molar-refractivity contribution in [3.8, 4) is 0 Å². The lowest BCUT2D eigenvalue weighted by Gasteiger charge is -2.14. The summed E-state index contributed by atoms with van der Waals surface area (Å²) in [5.41, 5.74) is 2.58. The maximum absolute atomic E-state index is 3.99. The van der Waals surface area contributed by atoms with Gasteiger partial charge in [0.05, 0.1) is 0 Å². The predicted molar refractivity (Wildman–Crippen MR) is 82.4 cm³/mol. The summed E-state index contributed by atoms with van der Waals surface area (Å²) in [4.78, 5) is 0. The van der Waals surface area contributed by atoms with E-state index in [1.54, 1.807) is 0 Å². The summed E-state index contributed by atoms with van der Waals surface area (Å²) in [6, 6.07) is 25.6. The number of allylic oxidation sites excluding steroid dienone is 1. The Morgan fingerprint density at radius 1 is 0.684 bits per heavy atom. The molecule has 0 saturated heterocycles. The maximum Gasteiger partial charge on any atom is 0.0267 e. The largest absolute Gasteiger partial charge is 0.102 e. The van der Waals surface area contributed by atoms with Crippen molar-refractivity contribution < 1.29 is 0 Å². The normalized spacial score (nSPS) is 12.2. The molecule has 0 aromatic heterocycles. The van der Waals surface area contributed by atoms with Crippen LogP contribution in [0, 0.1) is 0 Å². The average Bonchev–Trinajstić information content (AvgIpc) is 2.49. The van der Waals surface area contributed by atoms with E-state index in [2.05, 4.69) is 73.3 Å². The molecule has 0 saturated carbocycles. The van der Waals surface area contributed by atoms with Gasteiger partial charge in [0, 0.05) is 5.92 Å². The van der Waals surface area contributed by atoms with Crippen molar-refractivity contribution in [2.24, 2.45) is 0 Å². The summed E-state index contributed by atoms with van der Waals surface area (Å²) in [6.45, 7) is 3.99. The molecule has 3 aromatic carbocycles. The number of hydrogen-bond acceptors (Lipinski definition) is 0. The summed E-state index contributed by atoms with van der Waals surface area (Å²) in [5, 5.41) is 2.56. The standard InChI is InChI=1S/C19H16/c1-2-19(16-9-4-3-5-10-16)18-13-12-15-8-6-7-11-17(15)14-18/h2-14,19H,1H2/t19-/m1/s1. The summed E-state index contributed by atoms with van der Waals surface area (Å²) in [5.74, 6) is 0.255. The first-order valence-electron chi connectivity index (χ1n) is 6.54. The zero-order valence-electron chi connectivity index (χ0n) is 10.8. The van der Waals surface area contributed by atoms with E-state index in [-0.39, 0.29) is 5.92 Å². The van der Waals surface area contributed by atoms with Gasteiger partial charge in [0.25, 0.3) is 0 Å². The van der Waals surface area contributed by atoms with Crippen molar-refractivity contribution in [1.29, 1.82) is 0 Å². The zero-order valence-corrected chi connectivity index (χ0v) is 10.8. The first kappa shape index (κ1) is 11.7. The molecule has 0 N–H and O–H groups in total. The Morgan fingerprint density at radius 2 is 1.37 bits per heavy atom. The van der Waals surface area contributed by atoms with Gasteiger partial charge >= 0.3 is 0 Å². The lowest BCUT2D eigenvalue weighted by atomic mass is 9.90. The van der Waals surface area contributed by atoms with E-state index in [1.165, 1.54) is 21.9 Å². The van der Waals surface area contributed by atoms with Gasteiger partial charge < -0.3 is 0 Å². The zero-order chi connectivity index (χ0) is 13.1. The quantitative estimate of drug-likeness (QED) is 0.558. The van der Waals surface area contributed by atoms with E-state index in [4.69, 9.17) is 0 Å². The second kappa shape index (κ2) is 5.11. The van der Waals surface area contributed by atoms with Gasteiger partial charge in [-0.2, -0.15) is 0 Å². The smallest absolute Gasteiger partial charge is 0.0267 e. The predicted octanol–water partition coefficient (Wildman–Crippen LogP) is 5.16. The molecule has 0 radical (unpaired) electrons. The summed E-state index contributed by atoms with van der Waals surface area (Å²) < 4.78 is 0. The third-order valence-corrected chi connectivity index (χ3v) is 3.53. The van der Waals surface area contributed by atoms with Crippen LogP contribution >= 0.6 is 0 Å². The van der Waals surface area contributed by atoms with Gasteiger partial charge in [-0.1, -0.05) is 78.9 Å². The molecule has 0 amide bonds. The van der Waals surface area contributed by atoms with Crippen LogP contribution in [0.5, 0.6) is 0 Å². The molecule has 0 heteroatoms. The maximum atomic E-state index is 3.99. The Morgan fingerprint density at radius 3 is 2.11 bits per heavy atom. The van der Waals surface area contributed by atoms with Gasteiger partial charge in [-0.15, -0.1) is 6.58 Å². The molecular weight excluding hydrogens is 228 g/mol. The van der Waals surface area contributed by atoms with Crippen LogP contribution < -0.4 is 0 Å². The minimum Gasteiger partial charge on any atom is -0.102 e. The van der Waals surface area contributed by atoms with Crippen LogP contribution in [-0.4, -0.2) is 0 Å². The highest BCUT2D eigenvalue weighted by Gasteiger charge is 2.10. The fourth-order valence-electron chi connectivity index (χ4n) is 2.53. The van der Waals surface area contributed by atoms with Crippen LogP contribution in [0.15, 0.2) is 85.5 Å². The van der Waals surface area contributed by atoms with Crippen LogP contribution in [0.2, 0.25) is 0 Å². The molecule has 0 fully saturated rings. The monoisotopic (exact) mass is 244 g/mol. The van der Waals surface area contributed by atoms with Gasteiger partial charge in [-0.05, 0) is 21.9 Å². The Labute approximate surface area is 114 Å². The second-order valence-electron chi connectivity index (χ2n) is 4.73. The van der Waals surface area contributed by atoms with Gasteiger partial charge in [0.1, 0.15) is 0 Å². The average molecular weight is 244 g/mol. The Hall–Kier alpha value is -2.34. The Balaban J connectivity index is 2.09. The summed E-state index contributed by atoms with van der Waals surface area (Å²) in [6.07, 6.45) is 2.01. The number of rotatable bonds is 3. The molecule has 0 bridgehead atoms. The van der Waals surface area contributed by atoms with Crippen LogP contribution in [0.25, 0.3) is 10.8 Å². The minimum atomic E-state index is 0.255. The fraction of sp³-hybridized carbons (Fsp3) is 0.0526. The molecule has 0 heterocycles. The van der Waals surface area contributed by atoms with E-state index in [9.17, 15) is 0 Å². The van der Waals surface area contributed by atoms with Gasteiger partial charge in [0.15, 0.2) is 0 Å². The highest BCUT2D eigenvalue weighted by Crippen LogP contribution is 2.28. The lowest BCUT2D eigenvalue weighted by Crippen LogP contribution is -1.96. The molecular formula is C19H16. The van der Waals surface area contributed by atoms with Gasteiger partial charge in [0.2, 0.25) is 0 Å². The Bertz CT molecular complexity index is 695. The summed E-state index contributed by atoms with van der Waals surface area (Å²) in [7, 11) is 0. The van der Waals surface area contributed by atoms with E-state index < -0.39 is 0 Å². The fourth-order valence-corrected chi connectivity index (χ4v) is 2.53. The van der Waals surface area contributed by atoms with Crippen LogP contribution in [-0.2, 0) is 0 Å². The highest BCUT2D eigenvalue weighted by molar-refractivity contribution is 5.83. The molecule has 3 rings (SSSR count). The van der Waals surface area contributed by atoms with Crippen LogP contribution in [0.4, 0.5) is 0 Å². The third-order valence-electron chi connectivity index (χ3n) is 3.53. The molecule has 0 nitrogen and oxygen atoms in total. The van der Waals surface area contributed by atoms with Gasteiger partial charge in [-0.3, -0.25) is 0 Å². The first-order chi connectivity index (χ1) is 9.38. The molecule has 0 aliphatic rings. The van der Waals surface area contributed by atoms with Crippen molar-refractivity contribution >= 4 is 10.8 Å².